The highest BCUT2D eigenvalue weighted by Gasteiger charge is 2.35. The maximum absolute atomic E-state index is 12.6. The van der Waals surface area contributed by atoms with Crippen LogP contribution < -0.4 is 10.5 Å². The molecular formula is C10H7F3N2O2. The Labute approximate surface area is 94.6 Å². The number of nitrogens with zero attached hydrogens (tertiary/aromatic N) is 1. The van der Waals surface area contributed by atoms with Crippen LogP contribution in [0.4, 0.5) is 13.2 Å². The summed E-state index contributed by atoms with van der Waals surface area (Å²) >= 11 is 0. The number of carbonyl (C=O) groups is 1. The second-order valence-corrected chi connectivity index (χ2v) is 2.89. The van der Waals surface area contributed by atoms with Gasteiger partial charge in [-0.3, -0.25) is 4.79 Å². The number of pyridine rings is 1. The minimum atomic E-state index is -4.61. The van der Waals surface area contributed by atoms with E-state index in [1.54, 1.807) is 0 Å². The fraction of sp³-hybridized carbons (Fsp3) is 0.200. The zero-order valence-corrected chi connectivity index (χ0v) is 8.63. The van der Waals surface area contributed by atoms with Crippen molar-refractivity contribution in [1.29, 1.82) is 0 Å². The molecule has 0 aliphatic carbocycles. The van der Waals surface area contributed by atoms with Crippen molar-refractivity contribution in [3.63, 3.8) is 0 Å². The normalized spacial score (nSPS) is 10.4. The lowest BCUT2D eigenvalue weighted by Crippen LogP contribution is -2.09. The molecule has 0 saturated carbocycles. The van der Waals surface area contributed by atoms with Crippen LogP contribution in [0.2, 0.25) is 0 Å². The average Bonchev–Trinajstić information content (AvgIpc) is 2.24. The van der Waals surface area contributed by atoms with Crippen molar-refractivity contribution in [2.24, 2.45) is 5.73 Å². The highest BCUT2D eigenvalue weighted by Crippen LogP contribution is 2.35. The Hall–Kier alpha value is -2.23. The summed E-state index contributed by atoms with van der Waals surface area (Å²) in [7, 11) is 1.08. The predicted octanol–water partition coefficient (Wildman–Crippen LogP) is 0.946. The highest BCUT2D eigenvalue weighted by molar-refractivity contribution is 5.92. The summed E-state index contributed by atoms with van der Waals surface area (Å²) in [6, 6.07) is 0.738. The number of primary amides is 1. The molecular weight excluding hydrogens is 237 g/mol. The summed E-state index contributed by atoms with van der Waals surface area (Å²) < 4.78 is 42.1. The van der Waals surface area contributed by atoms with E-state index >= 15 is 0 Å². The van der Waals surface area contributed by atoms with Gasteiger partial charge in [-0.25, -0.2) is 4.98 Å². The van der Waals surface area contributed by atoms with E-state index in [2.05, 4.69) is 15.6 Å². The number of rotatable bonds is 1. The molecule has 2 N–H and O–H groups in total. The summed E-state index contributed by atoms with van der Waals surface area (Å²) in [6.07, 6.45) is -3.55. The lowest BCUT2D eigenvalue weighted by atomic mass is 10.2. The van der Waals surface area contributed by atoms with Crippen LogP contribution in [0.25, 0.3) is 0 Å². The molecule has 0 aromatic carbocycles. The molecule has 1 aromatic heterocycles. The molecule has 1 heterocycles. The van der Waals surface area contributed by atoms with Gasteiger partial charge < -0.3 is 10.5 Å². The summed E-state index contributed by atoms with van der Waals surface area (Å²) in [5.74, 6) is 2.59. The Kier molecular flexibility index (Phi) is 3.58. The Morgan fingerprint density at radius 1 is 1.53 bits per heavy atom. The molecule has 0 saturated heterocycles. The zero-order chi connectivity index (χ0) is 13.1. The van der Waals surface area contributed by atoms with Gasteiger partial charge in [-0.2, -0.15) is 13.2 Å². The van der Waals surface area contributed by atoms with Crippen LogP contribution in [0.5, 0.6) is 5.88 Å². The average molecular weight is 244 g/mol. The van der Waals surface area contributed by atoms with Crippen LogP contribution >= 0.6 is 0 Å². The van der Waals surface area contributed by atoms with Crippen molar-refractivity contribution >= 4 is 5.91 Å². The summed E-state index contributed by atoms with van der Waals surface area (Å²) in [5.41, 5.74) is 3.61. The minimum absolute atomic E-state index is 0.0723. The first-order chi connectivity index (χ1) is 7.84. The van der Waals surface area contributed by atoms with Crippen molar-refractivity contribution in [2.75, 3.05) is 7.11 Å². The number of carbonyl (C=O) groups excluding carboxylic acids is 1. The van der Waals surface area contributed by atoms with Gasteiger partial charge in [0.2, 0.25) is 5.88 Å². The van der Waals surface area contributed by atoms with Crippen LogP contribution in [0.3, 0.4) is 0 Å². The molecule has 0 unspecified atom stereocenters. The van der Waals surface area contributed by atoms with Gasteiger partial charge >= 0.3 is 6.18 Å². The van der Waals surface area contributed by atoms with Crippen LogP contribution in [-0.4, -0.2) is 18.0 Å². The van der Waals surface area contributed by atoms with Gasteiger partial charge in [0.15, 0.2) is 0 Å². The molecule has 1 amide bonds. The number of methoxy groups -OCH3 is 1. The van der Waals surface area contributed by atoms with Crippen molar-refractivity contribution in [1.82, 2.24) is 4.98 Å². The maximum Gasteiger partial charge on any atom is 0.421 e. The number of hydrogen-bond donors (Lipinski definition) is 1. The number of halogens is 3. The number of nitrogens with two attached hydrogens (primary N) is 1. The zero-order valence-electron chi connectivity index (χ0n) is 8.63. The van der Waals surface area contributed by atoms with Gasteiger partial charge in [-0.15, -0.1) is 0 Å². The highest BCUT2D eigenvalue weighted by atomic mass is 19.4. The number of aromatic nitrogens is 1. The van der Waals surface area contributed by atoms with Crippen LogP contribution in [-0.2, 0) is 11.0 Å². The third-order valence-corrected chi connectivity index (χ3v) is 1.68. The first kappa shape index (κ1) is 12.8. The largest absolute Gasteiger partial charge is 0.481 e. The predicted molar refractivity (Wildman–Crippen MR) is 51.9 cm³/mol. The van der Waals surface area contributed by atoms with E-state index in [0.717, 1.165) is 19.4 Å². The third-order valence-electron chi connectivity index (χ3n) is 1.68. The van der Waals surface area contributed by atoms with Gasteiger partial charge in [-0.05, 0) is 6.07 Å². The van der Waals surface area contributed by atoms with Gasteiger partial charge in [0.25, 0.3) is 5.91 Å². The molecule has 0 radical (unpaired) electrons. The first-order valence-corrected chi connectivity index (χ1v) is 4.27. The van der Waals surface area contributed by atoms with Gasteiger partial charge in [-0.1, -0.05) is 5.92 Å². The van der Waals surface area contributed by atoms with E-state index in [0.29, 0.717) is 0 Å². The number of ether oxygens (including phenoxy) is 1. The Bertz CT molecular complexity index is 500. The maximum atomic E-state index is 12.6. The van der Waals surface area contributed by atoms with Crippen LogP contribution in [0.1, 0.15) is 11.1 Å². The number of hydrogen-bond acceptors (Lipinski definition) is 3. The van der Waals surface area contributed by atoms with Crippen molar-refractivity contribution in [3.8, 4) is 17.7 Å². The van der Waals surface area contributed by atoms with E-state index < -0.39 is 23.5 Å². The van der Waals surface area contributed by atoms with Gasteiger partial charge in [0.05, 0.1) is 7.11 Å². The molecule has 90 valence electrons. The second-order valence-electron chi connectivity index (χ2n) is 2.89. The van der Waals surface area contributed by atoms with Crippen molar-refractivity contribution in [2.45, 2.75) is 6.18 Å². The number of amides is 1. The lowest BCUT2D eigenvalue weighted by Gasteiger charge is -2.10. The molecule has 0 fully saturated rings. The Morgan fingerprint density at radius 2 is 2.18 bits per heavy atom. The third kappa shape index (κ3) is 3.38. The fourth-order valence-electron chi connectivity index (χ4n) is 1.02. The quantitative estimate of drug-likeness (QED) is 0.748. The van der Waals surface area contributed by atoms with Crippen molar-refractivity contribution < 1.29 is 22.7 Å². The summed E-state index contributed by atoms with van der Waals surface area (Å²) in [4.78, 5) is 13.8. The smallest absolute Gasteiger partial charge is 0.421 e. The van der Waals surface area contributed by atoms with Crippen molar-refractivity contribution in [3.05, 3.63) is 23.4 Å². The first-order valence-electron chi connectivity index (χ1n) is 4.27. The van der Waals surface area contributed by atoms with Crippen LogP contribution in [0.15, 0.2) is 12.3 Å². The Balaban J connectivity index is 3.24. The molecule has 4 nitrogen and oxygen atoms in total. The fourth-order valence-corrected chi connectivity index (χ4v) is 1.02. The molecule has 1 aromatic rings. The van der Waals surface area contributed by atoms with E-state index in [4.69, 9.17) is 5.73 Å². The van der Waals surface area contributed by atoms with Gasteiger partial charge in [0, 0.05) is 17.7 Å². The SMILES string of the molecule is COc1ncc(C#CC(N)=O)cc1C(F)(F)F. The standard InChI is InChI=1S/C10H7F3N2O2/c1-17-9-7(10(11,12)13)4-6(5-15-9)2-3-8(14)16/h4-5H,1H3,(H2,14,16). The topological polar surface area (TPSA) is 65.2 Å². The lowest BCUT2D eigenvalue weighted by molar-refractivity contribution is -0.139. The minimum Gasteiger partial charge on any atom is -0.481 e. The summed E-state index contributed by atoms with van der Waals surface area (Å²) in [5, 5.41) is 0. The monoisotopic (exact) mass is 244 g/mol. The number of alkyl halides is 3. The molecule has 0 aliphatic heterocycles. The molecule has 0 atom stereocenters. The molecule has 0 spiro atoms. The Morgan fingerprint density at radius 3 is 2.65 bits per heavy atom. The molecule has 7 heteroatoms. The van der Waals surface area contributed by atoms with Gasteiger partial charge in [0.1, 0.15) is 5.56 Å². The second kappa shape index (κ2) is 4.74. The molecule has 17 heavy (non-hydrogen) atoms. The van der Waals surface area contributed by atoms with E-state index in [1.165, 1.54) is 0 Å². The van der Waals surface area contributed by atoms with E-state index in [-0.39, 0.29) is 5.56 Å². The summed E-state index contributed by atoms with van der Waals surface area (Å²) in [6.45, 7) is 0. The molecule has 1 rings (SSSR count). The molecule has 0 aliphatic rings. The van der Waals surface area contributed by atoms with E-state index in [9.17, 15) is 18.0 Å². The van der Waals surface area contributed by atoms with Crippen LogP contribution in [0, 0.1) is 11.8 Å². The van der Waals surface area contributed by atoms with E-state index in [1.807, 2.05) is 5.92 Å². The molecule has 0 bridgehead atoms.